The number of nitrogens with zero attached hydrogens (tertiary/aromatic N) is 5. The molecule has 8 heteroatoms. The fourth-order valence-electron chi connectivity index (χ4n) is 4.86. The zero-order chi connectivity index (χ0) is 23.7. The van der Waals surface area contributed by atoms with E-state index in [1.54, 1.807) is 0 Å². The molecule has 2 fully saturated rings. The number of hydrogen-bond donors (Lipinski definition) is 1. The van der Waals surface area contributed by atoms with Gasteiger partial charge in [0.15, 0.2) is 0 Å². The Hall–Kier alpha value is -2.22. The van der Waals surface area contributed by atoms with E-state index < -0.39 is 6.10 Å². The van der Waals surface area contributed by atoms with Crippen LogP contribution >= 0.6 is 23.2 Å². The van der Waals surface area contributed by atoms with E-state index in [4.69, 9.17) is 28.2 Å². The lowest BCUT2D eigenvalue weighted by Gasteiger charge is -2.38. The molecule has 0 spiro atoms. The molecule has 5 rings (SSSR count). The smallest absolute Gasteiger partial charge is 0.226 e. The summed E-state index contributed by atoms with van der Waals surface area (Å²) in [5.41, 5.74) is 4.05. The quantitative estimate of drug-likeness (QED) is 0.571. The molecule has 34 heavy (non-hydrogen) atoms. The van der Waals surface area contributed by atoms with Crippen LogP contribution in [0.3, 0.4) is 0 Å². The lowest BCUT2D eigenvalue weighted by atomic mass is 10.1. The SMILES string of the molecule is Cc1cc(-c2ccc(Cl)cc2)nc(N2C[C@@H](O)[C@H](N3CCN(Cc4ccc(Cl)cc4)CC3)C2)n1. The number of aliphatic hydroxyl groups is 1. The Morgan fingerprint density at radius 2 is 1.53 bits per heavy atom. The fourth-order valence-corrected chi connectivity index (χ4v) is 5.11. The highest BCUT2D eigenvalue weighted by molar-refractivity contribution is 6.30. The van der Waals surface area contributed by atoms with Gasteiger partial charge in [-0.2, -0.15) is 0 Å². The Labute approximate surface area is 210 Å². The van der Waals surface area contributed by atoms with Gasteiger partial charge in [0.2, 0.25) is 5.95 Å². The summed E-state index contributed by atoms with van der Waals surface area (Å²) >= 11 is 12.1. The Morgan fingerprint density at radius 1 is 0.882 bits per heavy atom. The zero-order valence-corrected chi connectivity index (χ0v) is 20.8. The monoisotopic (exact) mass is 497 g/mol. The summed E-state index contributed by atoms with van der Waals surface area (Å²) in [6.07, 6.45) is -0.425. The molecule has 1 aromatic heterocycles. The molecular formula is C26H29Cl2N5O. The van der Waals surface area contributed by atoms with Crippen LogP contribution in [0.25, 0.3) is 11.3 Å². The molecule has 0 saturated carbocycles. The van der Waals surface area contributed by atoms with E-state index in [0.717, 1.165) is 61.2 Å². The molecule has 2 aromatic carbocycles. The van der Waals surface area contributed by atoms with Crippen LogP contribution in [0.15, 0.2) is 54.6 Å². The normalized spacial score (nSPS) is 21.8. The molecule has 0 bridgehead atoms. The van der Waals surface area contributed by atoms with E-state index in [1.807, 2.05) is 49.4 Å². The molecule has 0 amide bonds. The topological polar surface area (TPSA) is 55.7 Å². The van der Waals surface area contributed by atoms with Crippen molar-refractivity contribution in [3.8, 4) is 11.3 Å². The summed E-state index contributed by atoms with van der Waals surface area (Å²) in [6.45, 7) is 8.01. The second-order valence-corrected chi connectivity index (χ2v) is 10.1. The van der Waals surface area contributed by atoms with Gasteiger partial charge in [-0.1, -0.05) is 47.5 Å². The number of piperazine rings is 1. The Bertz CT molecular complexity index is 1120. The van der Waals surface area contributed by atoms with Gasteiger partial charge in [0, 0.05) is 67.1 Å². The number of benzene rings is 2. The summed E-state index contributed by atoms with van der Waals surface area (Å²) in [5, 5.41) is 12.4. The predicted octanol–water partition coefficient (Wildman–Crippen LogP) is 4.13. The van der Waals surface area contributed by atoms with Crippen molar-refractivity contribution in [3.63, 3.8) is 0 Å². The summed E-state index contributed by atoms with van der Waals surface area (Å²) in [7, 11) is 0. The summed E-state index contributed by atoms with van der Waals surface area (Å²) in [5.74, 6) is 0.674. The highest BCUT2D eigenvalue weighted by Gasteiger charge is 2.38. The van der Waals surface area contributed by atoms with Crippen molar-refractivity contribution in [2.75, 3.05) is 44.2 Å². The number of β-amino-alcohol motifs (C(OH)–C–C–N with tert-alkyl or cyclic N) is 1. The average molecular weight is 498 g/mol. The van der Waals surface area contributed by atoms with Crippen LogP contribution in [0.5, 0.6) is 0 Å². The highest BCUT2D eigenvalue weighted by atomic mass is 35.5. The number of rotatable bonds is 5. The van der Waals surface area contributed by atoms with Gasteiger partial charge in [0.1, 0.15) is 0 Å². The lowest BCUT2D eigenvalue weighted by Crippen LogP contribution is -2.53. The van der Waals surface area contributed by atoms with Crippen LogP contribution in [0.4, 0.5) is 5.95 Å². The van der Waals surface area contributed by atoms with Crippen molar-refractivity contribution in [2.45, 2.75) is 25.6 Å². The first-order valence-electron chi connectivity index (χ1n) is 11.7. The van der Waals surface area contributed by atoms with E-state index in [9.17, 15) is 5.11 Å². The van der Waals surface area contributed by atoms with Gasteiger partial charge in [0.25, 0.3) is 0 Å². The van der Waals surface area contributed by atoms with Gasteiger partial charge in [-0.15, -0.1) is 0 Å². The molecule has 0 aliphatic carbocycles. The van der Waals surface area contributed by atoms with Crippen LogP contribution in [0.2, 0.25) is 10.0 Å². The van der Waals surface area contributed by atoms with E-state index in [0.29, 0.717) is 17.5 Å². The number of anilines is 1. The highest BCUT2D eigenvalue weighted by Crippen LogP contribution is 2.26. The van der Waals surface area contributed by atoms with Gasteiger partial charge in [-0.05, 0) is 42.8 Å². The van der Waals surface area contributed by atoms with Crippen LogP contribution in [-0.4, -0.2) is 76.3 Å². The van der Waals surface area contributed by atoms with Crippen LogP contribution in [-0.2, 0) is 6.54 Å². The third-order valence-corrected chi connectivity index (χ3v) is 7.22. The third kappa shape index (κ3) is 5.37. The molecule has 3 heterocycles. The van der Waals surface area contributed by atoms with E-state index in [1.165, 1.54) is 5.56 Å². The second-order valence-electron chi connectivity index (χ2n) is 9.18. The fraction of sp³-hybridized carbons (Fsp3) is 0.385. The van der Waals surface area contributed by atoms with Gasteiger partial charge < -0.3 is 10.0 Å². The number of aryl methyl sites for hydroxylation is 1. The molecule has 3 aromatic rings. The van der Waals surface area contributed by atoms with Gasteiger partial charge in [-0.25, -0.2) is 9.97 Å². The number of halogens is 2. The minimum absolute atomic E-state index is 0.0841. The number of hydrogen-bond acceptors (Lipinski definition) is 6. The Kier molecular flexibility index (Phi) is 7.04. The predicted molar refractivity (Wildman–Crippen MR) is 138 cm³/mol. The molecule has 0 unspecified atom stereocenters. The first-order valence-corrected chi connectivity index (χ1v) is 12.5. The minimum Gasteiger partial charge on any atom is -0.390 e. The molecule has 2 saturated heterocycles. The van der Waals surface area contributed by atoms with Crippen molar-refractivity contribution in [3.05, 3.63) is 75.9 Å². The summed E-state index contributed by atoms with van der Waals surface area (Å²) < 4.78 is 0. The molecule has 178 valence electrons. The molecule has 2 atom stereocenters. The van der Waals surface area contributed by atoms with E-state index in [2.05, 4.69) is 31.8 Å². The Morgan fingerprint density at radius 3 is 2.21 bits per heavy atom. The van der Waals surface area contributed by atoms with Gasteiger partial charge in [0.05, 0.1) is 17.8 Å². The van der Waals surface area contributed by atoms with E-state index >= 15 is 0 Å². The lowest BCUT2D eigenvalue weighted by molar-refractivity contribution is 0.0424. The molecule has 6 nitrogen and oxygen atoms in total. The first-order chi connectivity index (χ1) is 16.4. The molecule has 2 aliphatic heterocycles. The maximum Gasteiger partial charge on any atom is 0.226 e. The summed E-state index contributed by atoms with van der Waals surface area (Å²) in [6, 6.07) is 17.8. The molecule has 2 aliphatic rings. The molecular weight excluding hydrogens is 469 g/mol. The largest absolute Gasteiger partial charge is 0.390 e. The van der Waals surface area contributed by atoms with Crippen LogP contribution < -0.4 is 4.90 Å². The molecule has 1 N–H and O–H groups in total. The second kappa shape index (κ2) is 10.2. The van der Waals surface area contributed by atoms with Gasteiger partial charge >= 0.3 is 0 Å². The molecule has 0 radical (unpaired) electrons. The van der Waals surface area contributed by atoms with Crippen molar-refractivity contribution in [1.82, 2.24) is 19.8 Å². The first kappa shape index (κ1) is 23.5. The number of aliphatic hydroxyl groups excluding tert-OH is 1. The average Bonchev–Trinajstić information content (AvgIpc) is 3.23. The number of aromatic nitrogens is 2. The van der Waals surface area contributed by atoms with Crippen molar-refractivity contribution < 1.29 is 5.11 Å². The van der Waals surface area contributed by atoms with Crippen LogP contribution in [0.1, 0.15) is 11.3 Å². The zero-order valence-electron chi connectivity index (χ0n) is 19.2. The standard InChI is InChI=1S/C26H29Cl2N5O/c1-18-14-23(20-4-8-22(28)9-5-20)30-26(29-18)33-16-24(25(34)17-33)32-12-10-31(11-13-32)15-19-2-6-21(27)7-3-19/h2-9,14,24-25,34H,10-13,15-17H2,1H3/t24-,25-/m1/s1. The summed E-state index contributed by atoms with van der Waals surface area (Å²) in [4.78, 5) is 16.5. The Balaban J connectivity index is 1.22. The van der Waals surface area contributed by atoms with Crippen molar-refractivity contribution in [1.29, 1.82) is 0 Å². The maximum atomic E-state index is 10.9. The maximum absolute atomic E-state index is 10.9. The van der Waals surface area contributed by atoms with E-state index in [-0.39, 0.29) is 6.04 Å². The minimum atomic E-state index is -0.425. The third-order valence-electron chi connectivity index (χ3n) is 6.72. The van der Waals surface area contributed by atoms with Crippen molar-refractivity contribution >= 4 is 29.2 Å². The van der Waals surface area contributed by atoms with Gasteiger partial charge in [-0.3, -0.25) is 9.80 Å². The van der Waals surface area contributed by atoms with Crippen LogP contribution in [0, 0.1) is 6.92 Å². The van der Waals surface area contributed by atoms with Crippen molar-refractivity contribution in [2.24, 2.45) is 0 Å².